The van der Waals surface area contributed by atoms with E-state index in [1.54, 1.807) is 45.6 Å². The Kier molecular flexibility index (Phi) is 7.49. The van der Waals surface area contributed by atoms with Crippen molar-refractivity contribution in [3.8, 4) is 35.2 Å². The average Bonchev–Trinajstić information content (AvgIpc) is 2.84. The Morgan fingerprint density at radius 3 is 2.03 bits per heavy atom. The fraction of sp³-hybridized carbons (Fsp3) is 0.148. The summed E-state index contributed by atoms with van der Waals surface area (Å²) in [6.07, 6.45) is 0.266. The van der Waals surface area contributed by atoms with Crippen LogP contribution >= 0.6 is 0 Å². The molecule has 0 spiro atoms. The third-order valence-corrected chi connectivity index (χ3v) is 4.58. The maximum Gasteiger partial charge on any atom is 0.161 e. The number of hydrogen-bond acceptors (Lipinski definition) is 4. The molecule has 0 heterocycles. The molecule has 0 aliphatic rings. The number of ether oxygens (including phenoxy) is 3. The van der Waals surface area contributed by atoms with E-state index >= 15 is 0 Å². The van der Waals surface area contributed by atoms with E-state index in [1.165, 1.54) is 0 Å². The van der Waals surface area contributed by atoms with E-state index in [-0.39, 0.29) is 0 Å². The van der Waals surface area contributed by atoms with E-state index in [9.17, 15) is 4.79 Å². The standard InChI is InChI=1S/C27H22O4/c1-29-25(16-14-21-9-11-22(19-28)12-10-21)24-18-27(31-3)26(30-2)17-23(24)15-13-20-7-5-4-6-8-20/h4-12,17-19,25H,1-3H3. The molecule has 0 amide bonds. The highest BCUT2D eigenvalue weighted by Crippen LogP contribution is 2.34. The molecule has 4 nitrogen and oxygen atoms in total. The zero-order chi connectivity index (χ0) is 22.1. The van der Waals surface area contributed by atoms with Gasteiger partial charge in [0.25, 0.3) is 0 Å². The molecule has 1 unspecified atom stereocenters. The van der Waals surface area contributed by atoms with Crippen LogP contribution in [-0.4, -0.2) is 27.6 Å². The van der Waals surface area contributed by atoms with Crippen molar-refractivity contribution in [1.29, 1.82) is 0 Å². The van der Waals surface area contributed by atoms with Crippen LogP contribution in [0.5, 0.6) is 11.5 Å². The second-order valence-corrected chi connectivity index (χ2v) is 6.54. The van der Waals surface area contributed by atoms with E-state index in [1.807, 2.05) is 42.5 Å². The number of aldehydes is 1. The van der Waals surface area contributed by atoms with Crippen LogP contribution in [0.15, 0.2) is 66.7 Å². The van der Waals surface area contributed by atoms with Crippen molar-refractivity contribution in [3.63, 3.8) is 0 Å². The van der Waals surface area contributed by atoms with Gasteiger partial charge in [-0.1, -0.05) is 54.0 Å². The van der Waals surface area contributed by atoms with Crippen molar-refractivity contribution in [3.05, 3.63) is 94.5 Å². The predicted octanol–water partition coefficient (Wildman–Crippen LogP) is 4.66. The minimum Gasteiger partial charge on any atom is -0.493 e. The first-order valence-corrected chi connectivity index (χ1v) is 9.61. The lowest BCUT2D eigenvalue weighted by molar-refractivity contribution is 0.112. The Morgan fingerprint density at radius 1 is 0.774 bits per heavy atom. The molecule has 0 aliphatic carbocycles. The Bertz CT molecular complexity index is 1160. The van der Waals surface area contributed by atoms with Crippen LogP contribution in [0.25, 0.3) is 0 Å². The summed E-state index contributed by atoms with van der Waals surface area (Å²) >= 11 is 0. The van der Waals surface area contributed by atoms with E-state index in [0.29, 0.717) is 17.1 Å². The minimum atomic E-state index is -0.536. The highest BCUT2D eigenvalue weighted by atomic mass is 16.5. The number of carbonyl (C=O) groups is 1. The van der Waals surface area contributed by atoms with E-state index in [2.05, 4.69) is 23.7 Å². The first-order chi connectivity index (χ1) is 15.2. The number of hydrogen-bond donors (Lipinski definition) is 0. The van der Waals surface area contributed by atoms with Gasteiger partial charge in [-0.25, -0.2) is 0 Å². The quantitative estimate of drug-likeness (QED) is 0.454. The molecule has 4 heteroatoms. The van der Waals surface area contributed by atoms with Crippen LogP contribution < -0.4 is 9.47 Å². The molecule has 0 N–H and O–H groups in total. The SMILES string of the molecule is COc1cc(C#Cc2ccccc2)c(C(C#Cc2ccc(C=O)cc2)OC)cc1OC. The van der Waals surface area contributed by atoms with Crippen LogP contribution in [0.1, 0.15) is 38.7 Å². The van der Waals surface area contributed by atoms with Gasteiger partial charge in [-0.15, -0.1) is 0 Å². The number of rotatable bonds is 5. The summed E-state index contributed by atoms with van der Waals surface area (Å²) in [5, 5.41) is 0. The van der Waals surface area contributed by atoms with Crippen molar-refractivity contribution in [2.45, 2.75) is 6.10 Å². The summed E-state index contributed by atoms with van der Waals surface area (Å²) in [4.78, 5) is 10.8. The average molecular weight is 410 g/mol. The molecule has 0 aromatic heterocycles. The summed E-state index contributed by atoms with van der Waals surface area (Å²) in [7, 11) is 4.77. The normalized spacial score (nSPS) is 10.7. The van der Waals surface area contributed by atoms with Crippen LogP contribution in [0.2, 0.25) is 0 Å². The smallest absolute Gasteiger partial charge is 0.161 e. The molecule has 0 bridgehead atoms. The predicted molar refractivity (Wildman–Crippen MR) is 120 cm³/mol. The molecule has 3 aromatic rings. The highest BCUT2D eigenvalue weighted by molar-refractivity contribution is 5.74. The molecule has 31 heavy (non-hydrogen) atoms. The monoisotopic (exact) mass is 410 g/mol. The summed E-state index contributed by atoms with van der Waals surface area (Å²) in [6.45, 7) is 0. The van der Waals surface area contributed by atoms with E-state index < -0.39 is 6.10 Å². The molecule has 0 saturated carbocycles. The second-order valence-electron chi connectivity index (χ2n) is 6.54. The largest absolute Gasteiger partial charge is 0.493 e. The molecule has 3 rings (SSSR count). The molecule has 0 saturated heterocycles. The summed E-state index contributed by atoms with van der Waals surface area (Å²) in [5.74, 6) is 13.8. The highest BCUT2D eigenvalue weighted by Gasteiger charge is 2.17. The van der Waals surface area contributed by atoms with Gasteiger partial charge in [0, 0.05) is 41.0 Å². The zero-order valence-corrected chi connectivity index (χ0v) is 17.6. The Balaban J connectivity index is 2.04. The molecular formula is C27H22O4. The van der Waals surface area contributed by atoms with E-state index in [0.717, 1.165) is 28.5 Å². The van der Waals surface area contributed by atoms with Gasteiger partial charge in [0.05, 0.1) is 14.2 Å². The molecule has 0 radical (unpaired) electrons. The lowest BCUT2D eigenvalue weighted by atomic mass is 10.0. The van der Waals surface area contributed by atoms with Crippen LogP contribution in [-0.2, 0) is 4.74 Å². The third kappa shape index (κ3) is 5.54. The fourth-order valence-corrected chi connectivity index (χ4v) is 2.94. The third-order valence-electron chi connectivity index (χ3n) is 4.58. The summed E-state index contributed by atoms with van der Waals surface area (Å²) < 4.78 is 16.6. The van der Waals surface area contributed by atoms with Crippen LogP contribution in [0.4, 0.5) is 0 Å². The molecule has 0 aliphatic heterocycles. The van der Waals surface area contributed by atoms with Crippen LogP contribution in [0, 0.1) is 23.7 Å². The van der Waals surface area contributed by atoms with Gasteiger partial charge in [0.2, 0.25) is 0 Å². The molecule has 3 aromatic carbocycles. The van der Waals surface area contributed by atoms with Crippen molar-refractivity contribution in [2.24, 2.45) is 0 Å². The number of carbonyl (C=O) groups excluding carboxylic acids is 1. The number of benzene rings is 3. The number of methoxy groups -OCH3 is 3. The first kappa shape index (κ1) is 21.7. The van der Waals surface area contributed by atoms with Gasteiger partial charge >= 0.3 is 0 Å². The van der Waals surface area contributed by atoms with Gasteiger partial charge in [-0.3, -0.25) is 4.79 Å². The molecule has 0 fully saturated rings. The molecular weight excluding hydrogens is 388 g/mol. The van der Waals surface area contributed by atoms with Crippen molar-refractivity contribution in [2.75, 3.05) is 21.3 Å². The topological polar surface area (TPSA) is 44.8 Å². The van der Waals surface area contributed by atoms with Gasteiger partial charge in [0.15, 0.2) is 11.5 Å². The Hall–Kier alpha value is -3.99. The summed E-state index contributed by atoms with van der Waals surface area (Å²) in [5.41, 5.74) is 3.80. The zero-order valence-electron chi connectivity index (χ0n) is 17.6. The van der Waals surface area contributed by atoms with Gasteiger partial charge in [0.1, 0.15) is 12.4 Å². The van der Waals surface area contributed by atoms with Gasteiger partial charge < -0.3 is 14.2 Å². The van der Waals surface area contributed by atoms with Crippen molar-refractivity contribution in [1.82, 2.24) is 0 Å². The van der Waals surface area contributed by atoms with Crippen LogP contribution in [0.3, 0.4) is 0 Å². The maximum absolute atomic E-state index is 10.8. The molecule has 154 valence electrons. The second kappa shape index (κ2) is 10.7. The van der Waals surface area contributed by atoms with E-state index in [4.69, 9.17) is 14.2 Å². The minimum absolute atomic E-state index is 0.536. The first-order valence-electron chi connectivity index (χ1n) is 9.61. The lowest BCUT2D eigenvalue weighted by Crippen LogP contribution is -2.04. The van der Waals surface area contributed by atoms with Gasteiger partial charge in [-0.2, -0.15) is 0 Å². The maximum atomic E-state index is 10.8. The molecule has 1 atom stereocenters. The summed E-state index contributed by atoms with van der Waals surface area (Å²) in [6, 6.07) is 20.5. The Morgan fingerprint density at radius 2 is 1.42 bits per heavy atom. The fourth-order valence-electron chi connectivity index (χ4n) is 2.94. The van der Waals surface area contributed by atoms with Gasteiger partial charge in [-0.05, 0) is 30.3 Å². The van der Waals surface area contributed by atoms with Crippen molar-refractivity contribution < 1.29 is 19.0 Å². The Labute approximate surface area is 182 Å². The lowest BCUT2D eigenvalue weighted by Gasteiger charge is -2.16. The van der Waals surface area contributed by atoms with Crippen molar-refractivity contribution >= 4 is 6.29 Å².